The summed E-state index contributed by atoms with van der Waals surface area (Å²) in [7, 11) is 0. The van der Waals surface area contributed by atoms with Gasteiger partial charge in [0.25, 0.3) is 0 Å². The third-order valence-corrected chi connectivity index (χ3v) is 3.33. The Kier molecular flexibility index (Phi) is 5.38. The van der Waals surface area contributed by atoms with Gasteiger partial charge < -0.3 is 10.0 Å². The molecule has 0 heterocycles. The molecule has 0 fully saturated rings. The molecular formula is C11H17NO3S. The second-order valence-corrected chi connectivity index (χ2v) is 4.60. The van der Waals surface area contributed by atoms with Gasteiger partial charge in [-0.05, 0) is 26.2 Å². The predicted octanol–water partition coefficient (Wildman–Crippen LogP) is 1.72. The fourth-order valence-corrected chi connectivity index (χ4v) is 2.35. The van der Waals surface area contributed by atoms with Crippen molar-refractivity contribution in [2.75, 3.05) is 18.1 Å². The van der Waals surface area contributed by atoms with E-state index in [1.807, 2.05) is 6.92 Å². The lowest BCUT2D eigenvalue weighted by atomic mass is 10.3. The Hall–Kier alpha value is -0.970. The van der Waals surface area contributed by atoms with E-state index < -0.39 is 5.97 Å². The van der Waals surface area contributed by atoms with Gasteiger partial charge in [-0.1, -0.05) is 6.08 Å². The number of thioether (sulfide) groups is 1. The third-order valence-electron chi connectivity index (χ3n) is 2.43. The third kappa shape index (κ3) is 3.89. The lowest BCUT2D eigenvalue weighted by Gasteiger charge is -2.21. The minimum atomic E-state index is -0.874. The zero-order valence-corrected chi connectivity index (χ0v) is 10.3. The molecule has 0 aromatic carbocycles. The van der Waals surface area contributed by atoms with Gasteiger partial charge in [0.1, 0.15) is 0 Å². The summed E-state index contributed by atoms with van der Waals surface area (Å²) >= 11 is 1.15. The maximum atomic E-state index is 11.8. The van der Waals surface area contributed by atoms with Gasteiger partial charge in [0.2, 0.25) is 5.91 Å². The molecule has 0 saturated carbocycles. The number of carboxylic acid groups (broad SMARTS) is 1. The van der Waals surface area contributed by atoms with Crippen LogP contribution in [0.25, 0.3) is 0 Å². The maximum Gasteiger partial charge on any atom is 0.313 e. The van der Waals surface area contributed by atoms with Gasteiger partial charge in [-0.25, -0.2) is 0 Å². The van der Waals surface area contributed by atoms with Gasteiger partial charge in [0, 0.05) is 12.2 Å². The topological polar surface area (TPSA) is 57.6 Å². The Balaban J connectivity index is 2.40. The summed E-state index contributed by atoms with van der Waals surface area (Å²) in [6.45, 7) is 2.61. The zero-order valence-electron chi connectivity index (χ0n) is 9.44. The average Bonchev–Trinajstić information content (AvgIpc) is 2.71. The highest BCUT2D eigenvalue weighted by molar-refractivity contribution is 8.00. The second kappa shape index (κ2) is 6.58. The summed E-state index contributed by atoms with van der Waals surface area (Å²) in [5.74, 6) is -0.623. The molecule has 1 N–H and O–H groups in total. The van der Waals surface area contributed by atoms with Crippen LogP contribution in [0.4, 0.5) is 0 Å². The van der Waals surface area contributed by atoms with Gasteiger partial charge in [-0.3, -0.25) is 9.59 Å². The van der Waals surface area contributed by atoms with Crippen molar-refractivity contribution in [1.82, 2.24) is 4.90 Å². The highest BCUT2D eigenvalue weighted by Gasteiger charge is 2.18. The van der Waals surface area contributed by atoms with Crippen molar-refractivity contribution in [3.63, 3.8) is 0 Å². The Morgan fingerprint density at radius 3 is 2.75 bits per heavy atom. The summed E-state index contributed by atoms with van der Waals surface area (Å²) in [6.07, 6.45) is 5.22. The van der Waals surface area contributed by atoms with Crippen LogP contribution in [0.5, 0.6) is 0 Å². The lowest BCUT2D eigenvalue weighted by molar-refractivity contribution is -0.133. The van der Waals surface area contributed by atoms with Crippen LogP contribution in [-0.2, 0) is 9.59 Å². The van der Waals surface area contributed by atoms with Gasteiger partial charge in [-0.15, -0.1) is 11.8 Å². The van der Waals surface area contributed by atoms with Crippen LogP contribution >= 0.6 is 11.8 Å². The molecule has 1 amide bonds. The van der Waals surface area contributed by atoms with Gasteiger partial charge in [0.15, 0.2) is 0 Å². The van der Waals surface area contributed by atoms with Gasteiger partial charge >= 0.3 is 5.97 Å². The van der Waals surface area contributed by atoms with Crippen molar-refractivity contribution in [2.45, 2.75) is 26.2 Å². The van der Waals surface area contributed by atoms with E-state index in [4.69, 9.17) is 5.11 Å². The first-order valence-corrected chi connectivity index (χ1v) is 6.59. The first-order valence-electron chi connectivity index (χ1n) is 5.44. The number of allylic oxidation sites excluding steroid dienone is 2. The first-order chi connectivity index (χ1) is 7.65. The van der Waals surface area contributed by atoms with Crippen LogP contribution in [-0.4, -0.2) is 39.9 Å². The number of hydrogen-bond acceptors (Lipinski definition) is 3. The van der Waals surface area contributed by atoms with E-state index in [9.17, 15) is 9.59 Å². The summed E-state index contributed by atoms with van der Waals surface area (Å²) < 4.78 is 0. The largest absolute Gasteiger partial charge is 0.481 e. The highest BCUT2D eigenvalue weighted by Crippen LogP contribution is 2.22. The number of carbonyl (C=O) groups excluding carboxylic acids is 1. The molecule has 1 rings (SSSR count). The van der Waals surface area contributed by atoms with Crippen LogP contribution in [0.2, 0.25) is 0 Å². The Labute approximate surface area is 99.7 Å². The van der Waals surface area contributed by atoms with E-state index in [0.29, 0.717) is 6.54 Å². The molecule has 0 spiro atoms. The molecule has 4 nitrogen and oxygen atoms in total. The number of amides is 1. The van der Waals surface area contributed by atoms with Crippen molar-refractivity contribution in [3.8, 4) is 0 Å². The summed E-state index contributed by atoms with van der Waals surface area (Å²) in [5.41, 5.74) is 1.10. The number of rotatable bonds is 6. The number of nitrogens with zero attached hydrogens (tertiary/aromatic N) is 1. The lowest BCUT2D eigenvalue weighted by Crippen LogP contribution is -2.31. The quantitative estimate of drug-likeness (QED) is 0.771. The standard InChI is InChI=1S/C11H17NO3S/c1-2-12(9-5-3-4-6-9)10(13)7-16-8-11(14)15/h5H,2-4,6-8H2,1H3,(H,14,15). The van der Waals surface area contributed by atoms with Crippen LogP contribution in [0.15, 0.2) is 11.8 Å². The summed E-state index contributed by atoms with van der Waals surface area (Å²) in [6, 6.07) is 0. The Bertz CT molecular complexity index is 302. The van der Waals surface area contributed by atoms with Crippen molar-refractivity contribution >= 4 is 23.6 Å². The minimum Gasteiger partial charge on any atom is -0.481 e. The smallest absolute Gasteiger partial charge is 0.313 e. The van der Waals surface area contributed by atoms with E-state index in [-0.39, 0.29) is 17.4 Å². The molecule has 0 aliphatic heterocycles. The predicted molar refractivity (Wildman–Crippen MR) is 64.3 cm³/mol. The van der Waals surface area contributed by atoms with Crippen LogP contribution in [0.3, 0.4) is 0 Å². The number of hydrogen-bond donors (Lipinski definition) is 1. The van der Waals surface area contributed by atoms with E-state index in [1.54, 1.807) is 4.90 Å². The van der Waals surface area contributed by atoms with Crippen molar-refractivity contribution in [1.29, 1.82) is 0 Å². The van der Waals surface area contributed by atoms with Crippen LogP contribution < -0.4 is 0 Å². The molecule has 0 aromatic rings. The molecule has 90 valence electrons. The fourth-order valence-electron chi connectivity index (χ4n) is 1.74. The Morgan fingerprint density at radius 2 is 2.25 bits per heavy atom. The molecule has 0 unspecified atom stereocenters. The molecule has 0 aromatic heterocycles. The average molecular weight is 243 g/mol. The molecule has 1 aliphatic carbocycles. The molecule has 5 heteroatoms. The summed E-state index contributed by atoms with van der Waals surface area (Å²) in [4.78, 5) is 23.9. The normalized spacial score (nSPS) is 14.7. The molecule has 0 saturated heterocycles. The van der Waals surface area contributed by atoms with Gasteiger partial charge in [0.05, 0.1) is 11.5 Å². The van der Waals surface area contributed by atoms with E-state index >= 15 is 0 Å². The number of carboxylic acids is 1. The molecule has 0 bridgehead atoms. The van der Waals surface area contributed by atoms with Crippen molar-refractivity contribution in [3.05, 3.63) is 11.8 Å². The van der Waals surface area contributed by atoms with E-state index in [2.05, 4.69) is 6.08 Å². The molecule has 0 atom stereocenters. The fraction of sp³-hybridized carbons (Fsp3) is 0.636. The van der Waals surface area contributed by atoms with Gasteiger partial charge in [-0.2, -0.15) is 0 Å². The zero-order chi connectivity index (χ0) is 12.0. The van der Waals surface area contributed by atoms with Crippen LogP contribution in [0.1, 0.15) is 26.2 Å². The van der Waals surface area contributed by atoms with E-state index in [0.717, 1.165) is 36.7 Å². The molecule has 1 aliphatic rings. The highest BCUT2D eigenvalue weighted by atomic mass is 32.2. The molecule has 16 heavy (non-hydrogen) atoms. The maximum absolute atomic E-state index is 11.8. The number of aliphatic carboxylic acids is 1. The first kappa shape index (κ1) is 13.1. The second-order valence-electron chi connectivity index (χ2n) is 3.61. The van der Waals surface area contributed by atoms with E-state index in [1.165, 1.54) is 0 Å². The Morgan fingerprint density at radius 1 is 1.50 bits per heavy atom. The molecule has 0 radical (unpaired) electrons. The SMILES string of the molecule is CCN(C(=O)CSCC(=O)O)C1=CCCC1. The summed E-state index contributed by atoms with van der Waals surface area (Å²) in [5, 5.41) is 8.48. The van der Waals surface area contributed by atoms with Crippen LogP contribution in [0, 0.1) is 0 Å². The van der Waals surface area contributed by atoms with Crippen molar-refractivity contribution in [2.24, 2.45) is 0 Å². The number of carbonyl (C=O) groups is 2. The monoisotopic (exact) mass is 243 g/mol. The van der Waals surface area contributed by atoms with Crippen molar-refractivity contribution < 1.29 is 14.7 Å². The molecular weight excluding hydrogens is 226 g/mol. The minimum absolute atomic E-state index is 0.0116.